The molecule has 0 aliphatic heterocycles. The Morgan fingerprint density at radius 1 is 1.43 bits per heavy atom. The van der Waals surface area contributed by atoms with Crippen LogP contribution in [-0.4, -0.2) is 24.6 Å². The Balaban J connectivity index is 0.000000394. The summed E-state index contributed by atoms with van der Waals surface area (Å²) in [6.07, 6.45) is 0.746. The molecule has 0 aliphatic carbocycles. The highest BCUT2D eigenvalue weighted by Crippen LogP contribution is 2.00. The van der Waals surface area contributed by atoms with E-state index in [1.807, 2.05) is 0 Å². The first kappa shape index (κ1) is 18.6. The summed E-state index contributed by atoms with van der Waals surface area (Å²) in [4.78, 5) is 21.2. The lowest BCUT2D eigenvalue weighted by molar-refractivity contribution is -0.119. The number of ether oxygens (including phenoxy) is 1. The molecule has 0 spiro atoms. The van der Waals surface area contributed by atoms with E-state index in [0.29, 0.717) is 6.54 Å². The number of carbonyl (C=O) groups is 2. The van der Waals surface area contributed by atoms with Crippen LogP contribution >= 0.6 is 0 Å². The summed E-state index contributed by atoms with van der Waals surface area (Å²) >= 11 is 0. The van der Waals surface area contributed by atoms with Crippen LogP contribution in [-0.2, 0) is 16.1 Å². The number of rotatable bonds is 5. The maximum Gasteiger partial charge on any atom is 0.408 e. The first-order chi connectivity index (χ1) is 9.90. The zero-order valence-corrected chi connectivity index (χ0v) is 11.8. The SMILES string of the molecule is C=CCOC(=O)NC(C)C(N)=O.NCc1ccc(F)cc1. The Bertz CT molecular complexity index is 463. The van der Waals surface area contributed by atoms with Gasteiger partial charge >= 0.3 is 6.09 Å². The number of primary amides is 1. The van der Waals surface area contributed by atoms with Crippen LogP contribution in [0.15, 0.2) is 36.9 Å². The van der Waals surface area contributed by atoms with Crippen molar-refractivity contribution in [2.24, 2.45) is 11.5 Å². The van der Waals surface area contributed by atoms with Crippen LogP contribution in [0.25, 0.3) is 0 Å². The molecule has 1 unspecified atom stereocenters. The van der Waals surface area contributed by atoms with Gasteiger partial charge in [-0.05, 0) is 24.6 Å². The topological polar surface area (TPSA) is 107 Å². The molecule has 6 nitrogen and oxygen atoms in total. The quantitative estimate of drug-likeness (QED) is 0.706. The van der Waals surface area contributed by atoms with Crippen molar-refractivity contribution >= 4 is 12.0 Å². The van der Waals surface area contributed by atoms with E-state index >= 15 is 0 Å². The highest BCUT2D eigenvalue weighted by Gasteiger charge is 2.11. The highest BCUT2D eigenvalue weighted by atomic mass is 19.1. The minimum absolute atomic E-state index is 0.108. The summed E-state index contributed by atoms with van der Waals surface area (Å²) in [6, 6.07) is 5.44. The van der Waals surface area contributed by atoms with Crippen LogP contribution in [0.4, 0.5) is 9.18 Å². The van der Waals surface area contributed by atoms with Gasteiger partial charge in [-0.3, -0.25) is 4.79 Å². The lowest BCUT2D eigenvalue weighted by Crippen LogP contribution is -2.42. The third-order valence-corrected chi connectivity index (χ3v) is 2.24. The van der Waals surface area contributed by atoms with Gasteiger partial charge in [0.05, 0.1) is 0 Å². The molecule has 116 valence electrons. The number of nitrogens with one attached hydrogen (secondary N) is 1. The maximum absolute atomic E-state index is 12.2. The number of nitrogens with two attached hydrogens (primary N) is 2. The van der Waals surface area contributed by atoms with E-state index < -0.39 is 18.0 Å². The molecule has 0 bridgehead atoms. The van der Waals surface area contributed by atoms with Crippen molar-refractivity contribution < 1.29 is 18.7 Å². The molecular formula is C14H20FN3O3. The summed E-state index contributed by atoms with van der Waals surface area (Å²) in [6.45, 7) is 5.40. The standard InChI is InChI=1S/C7H8FN.C7H12N2O3/c8-7-3-1-6(5-9)2-4-7;1-3-4-12-7(11)9-5(2)6(8)10/h1-4H,5,9H2;3,5H,1,4H2,2H3,(H2,8,10)(H,9,11). The minimum Gasteiger partial charge on any atom is -0.445 e. The van der Waals surface area contributed by atoms with E-state index in [-0.39, 0.29) is 12.4 Å². The number of carbonyl (C=O) groups excluding carboxylic acids is 2. The molecule has 1 rings (SSSR count). The van der Waals surface area contributed by atoms with E-state index in [9.17, 15) is 14.0 Å². The molecule has 5 N–H and O–H groups in total. The molecule has 0 saturated heterocycles. The number of benzene rings is 1. The number of alkyl carbamates (subject to hydrolysis) is 1. The van der Waals surface area contributed by atoms with E-state index in [1.165, 1.54) is 25.1 Å². The lowest BCUT2D eigenvalue weighted by Gasteiger charge is -2.08. The highest BCUT2D eigenvalue weighted by molar-refractivity contribution is 5.83. The number of hydrogen-bond donors (Lipinski definition) is 3. The average Bonchev–Trinajstić information content (AvgIpc) is 2.46. The largest absolute Gasteiger partial charge is 0.445 e. The Labute approximate surface area is 122 Å². The molecule has 0 saturated carbocycles. The lowest BCUT2D eigenvalue weighted by atomic mass is 10.2. The number of halogens is 1. The Morgan fingerprint density at radius 3 is 2.43 bits per heavy atom. The second-order valence-corrected chi connectivity index (χ2v) is 3.99. The van der Waals surface area contributed by atoms with Gasteiger partial charge in [0.1, 0.15) is 18.5 Å². The van der Waals surface area contributed by atoms with Gasteiger partial charge in [-0.15, -0.1) is 0 Å². The summed E-state index contributed by atoms with van der Waals surface area (Å²) in [5.74, 6) is -0.822. The van der Waals surface area contributed by atoms with Crippen LogP contribution in [0.1, 0.15) is 12.5 Å². The Hall–Kier alpha value is -2.41. The second kappa shape index (κ2) is 10.4. The Morgan fingerprint density at radius 2 is 2.00 bits per heavy atom. The summed E-state index contributed by atoms with van der Waals surface area (Å²) < 4.78 is 16.7. The van der Waals surface area contributed by atoms with Crippen LogP contribution in [0.2, 0.25) is 0 Å². The molecular weight excluding hydrogens is 277 g/mol. The third-order valence-electron chi connectivity index (χ3n) is 2.24. The van der Waals surface area contributed by atoms with Crippen molar-refractivity contribution in [3.05, 3.63) is 48.3 Å². The number of hydrogen-bond acceptors (Lipinski definition) is 4. The predicted molar refractivity (Wildman–Crippen MR) is 77.6 cm³/mol. The molecule has 1 aromatic rings. The molecule has 0 heterocycles. The minimum atomic E-state index is -0.720. The summed E-state index contributed by atoms with van der Waals surface area (Å²) in [5, 5.41) is 2.23. The van der Waals surface area contributed by atoms with Gasteiger partial charge in [0.15, 0.2) is 0 Å². The fraction of sp³-hybridized carbons (Fsp3) is 0.286. The number of amides is 2. The maximum atomic E-state index is 12.2. The van der Waals surface area contributed by atoms with Crippen molar-refractivity contribution in [3.63, 3.8) is 0 Å². The molecule has 0 radical (unpaired) electrons. The zero-order chi connectivity index (χ0) is 16.3. The van der Waals surface area contributed by atoms with Gasteiger partial charge in [-0.25, -0.2) is 9.18 Å². The fourth-order valence-electron chi connectivity index (χ4n) is 1.04. The first-order valence-electron chi connectivity index (χ1n) is 6.18. The van der Waals surface area contributed by atoms with Gasteiger partial charge in [-0.2, -0.15) is 0 Å². The molecule has 0 fully saturated rings. The zero-order valence-electron chi connectivity index (χ0n) is 11.8. The summed E-state index contributed by atoms with van der Waals surface area (Å²) in [7, 11) is 0. The van der Waals surface area contributed by atoms with Crippen LogP contribution < -0.4 is 16.8 Å². The van der Waals surface area contributed by atoms with Crippen molar-refractivity contribution in [1.82, 2.24) is 5.32 Å². The predicted octanol–water partition coefficient (Wildman–Crippen LogP) is 1.06. The van der Waals surface area contributed by atoms with Crippen LogP contribution in [0, 0.1) is 5.82 Å². The second-order valence-electron chi connectivity index (χ2n) is 3.99. The molecule has 0 aliphatic rings. The van der Waals surface area contributed by atoms with Gasteiger partial charge in [0.2, 0.25) is 5.91 Å². The van der Waals surface area contributed by atoms with Crippen molar-refractivity contribution in [2.75, 3.05) is 6.61 Å². The molecule has 1 atom stereocenters. The van der Waals surface area contributed by atoms with Crippen LogP contribution in [0.3, 0.4) is 0 Å². The average molecular weight is 297 g/mol. The molecule has 0 aromatic heterocycles. The van der Waals surface area contributed by atoms with E-state index in [4.69, 9.17) is 11.5 Å². The van der Waals surface area contributed by atoms with E-state index in [1.54, 1.807) is 12.1 Å². The Kier molecular flexibility index (Phi) is 9.19. The van der Waals surface area contributed by atoms with Crippen molar-refractivity contribution in [1.29, 1.82) is 0 Å². The monoisotopic (exact) mass is 297 g/mol. The molecule has 21 heavy (non-hydrogen) atoms. The van der Waals surface area contributed by atoms with E-state index in [2.05, 4.69) is 16.6 Å². The van der Waals surface area contributed by atoms with Crippen molar-refractivity contribution in [2.45, 2.75) is 19.5 Å². The first-order valence-corrected chi connectivity index (χ1v) is 6.18. The van der Waals surface area contributed by atoms with Gasteiger partial charge in [0.25, 0.3) is 0 Å². The van der Waals surface area contributed by atoms with Gasteiger partial charge in [-0.1, -0.05) is 24.8 Å². The molecule has 7 heteroatoms. The van der Waals surface area contributed by atoms with E-state index in [0.717, 1.165) is 5.56 Å². The summed E-state index contributed by atoms with van der Waals surface area (Å²) in [5.41, 5.74) is 11.1. The fourth-order valence-corrected chi connectivity index (χ4v) is 1.04. The third kappa shape index (κ3) is 9.17. The normalized spacial score (nSPS) is 10.6. The van der Waals surface area contributed by atoms with Gasteiger partial charge in [0, 0.05) is 6.54 Å². The van der Waals surface area contributed by atoms with Gasteiger partial charge < -0.3 is 21.5 Å². The molecule has 1 aromatic carbocycles. The van der Waals surface area contributed by atoms with Crippen LogP contribution in [0.5, 0.6) is 0 Å². The van der Waals surface area contributed by atoms with Crippen molar-refractivity contribution in [3.8, 4) is 0 Å². The molecule has 2 amide bonds. The smallest absolute Gasteiger partial charge is 0.408 e.